The van der Waals surface area contributed by atoms with Gasteiger partial charge in [0.05, 0.1) is 28.2 Å². The van der Waals surface area contributed by atoms with Crippen LogP contribution >= 0.6 is 11.3 Å². The molecule has 1 spiro atoms. The maximum absolute atomic E-state index is 2.54. The first kappa shape index (κ1) is 36.7. The number of benzene rings is 10. The highest BCUT2D eigenvalue weighted by atomic mass is 32.1. The maximum Gasteiger partial charge on any atom is 0.0755 e. The van der Waals surface area contributed by atoms with Crippen LogP contribution in [0.4, 0.5) is 34.1 Å². The smallest absolute Gasteiger partial charge is 0.0755 e. The van der Waals surface area contributed by atoms with Crippen molar-refractivity contribution in [2.24, 2.45) is 0 Å². The molecule has 13 rings (SSSR count). The fourth-order valence-electron chi connectivity index (χ4n) is 10.8. The van der Waals surface area contributed by atoms with Gasteiger partial charge in [-0.2, -0.15) is 0 Å². The molecule has 0 fully saturated rings. The van der Waals surface area contributed by atoms with E-state index in [9.17, 15) is 0 Å². The zero-order chi connectivity index (χ0) is 42.2. The van der Waals surface area contributed by atoms with Crippen LogP contribution in [0.2, 0.25) is 0 Å². The van der Waals surface area contributed by atoms with Crippen LogP contribution < -0.4 is 9.80 Å². The Labute approximate surface area is 377 Å². The molecule has 2 nitrogen and oxygen atoms in total. The first-order chi connectivity index (χ1) is 31.8. The first-order valence-corrected chi connectivity index (χ1v) is 22.8. The van der Waals surface area contributed by atoms with Crippen molar-refractivity contribution in [1.29, 1.82) is 0 Å². The van der Waals surface area contributed by atoms with Gasteiger partial charge < -0.3 is 9.80 Å². The Bertz CT molecular complexity index is 3520. The van der Waals surface area contributed by atoms with Crippen molar-refractivity contribution in [2.45, 2.75) is 5.41 Å². The number of para-hydroxylation sites is 4. The van der Waals surface area contributed by atoms with Crippen LogP contribution in [0.25, 0.3) is 53.6 Å². The van der Waals surface area contributed by atoms with Crippen molar-refractivity contribution in [3.8, 4) is 33.4 Å². The van der Waals surface area contributed by atoms with Crippen molar-refractivity contribution in [3.63, 3.8) is 0 Å². The Balaban J connectivity index is 1.09. The van der Waals surface area contributed by atoms with E-state index in [1.165, 1.54) is 87.2 Å². The first-order valence-electron chi connectivity index (χ1n) is 22.0. The van der Waals surface area contributed by atoms with Crippen LogP contribution in [0.5, 0.6) is 0 Å². The van der Waals surface area contributed by atoms with Gasteiger partial charge >= 0.3 is 0 Å². The van der Waals surface area contributed by atoms with Gasteiger partial charge in [0.15, 0.2) is 0 Å². The molecule has 10 aromatic carbocycles. The molecule has 11 aromatic rings. The Hall–Kier alpha value is -7.98. The van der Waals surface area contributed by atoms with E-state index in [-0.39, 0.29) is 0 Å². The number of nitrogens with zero attached hydrogens (tertiary/aromatic N) is 2. The fourth-order valence-corrected chi connectivity index (χ4v) is 11.9. The highest BCUT2D eigenvalue weighted by Crippen LogP contribution is 2.65. The summed E-state index contributed by atoms with van der Waals surface area (Å²) < 4.78 is 2.59. The molecule has 3 heteroatoms. The summed E-state index contributed by atoms with van der Waals surface area (Å²) >= 11 is 1.86. The van der Waals surface area contributed by atoms with E-state index in [2.05, 4.69) is 252 Å². The molecule has 64 heavy (non-hydrogen) atoms. The number of hydrogen-bond acceptors (Lipinski definition) is 3. The summed E-state index contributed by atoms with van der Waals surface area (Å²) in [6.45, 7) is 0. The highest BCUT2D eigenvalue weighted by Gasteiger charge is 2.52. The van der Waals surface area contributed by atoms with Gasteiger partial charge in [-0.25, -0.2) is 0 Å². The standard InChI is InChI=1S/C61H40N2S/c1-3-18-41(19-4-1)42-34-36-43(37-35-42)46-22-8-13-29-54(46)63(45-38-39-59-49(40-45)47-23-9-16-33-58(47)64-59)57-32-17-28-53-60(57)48-24-7-10-25-50(48)61(53)51-26-11-14-30-55(51)62(44-20-5-2-6-21-44)56-31-15-12-27-52(56)61/h1-40H. The minimum Gasteiger partial charge on any atom is -0.310 e. The van der Waals surface area contributed by atoms with Crippen LogP contribution in [-0.4, -0.2) is 0 Å². The predicted octanol–water partition coefficient (Wildman–Crippen LogP) is 17.0. The van der Waals surface area contributed by atoms with Gasteiger partial charge in [-0.05, 0) is 105 Å². The molecule has 0 radical (unpaired) electrons. The van der Waals surface area contributed by atoms with E-state index in [0.717, 1.165) is 22.7 Å². The largest absolute Gasteiger partial charge is 0.310 e. The average Bonchev–Trinajstić information content (AvgIpc) is 3.89. The van der Waals surface area contributed by atoms with Crippen LogP contribution in [0.15, 0.2) is 243 Å². The number of anilines is 6. The van der Waals surface area contributed by atoms with E-state index in [1.807, 2.05) is 11.3 Å². The van der Waals surface area contributed by atoms with Gasteiger partial charge in [-0.3, -0.25) is 0 Å². The Morgan fingerprint density at radius 3 is 1.67 bits per heavy atom. The summed E-state index contributed by atoms with van der Waals surface area (Å²) in [5.74, 6) is 0. The third kappa shape index (κ3) is 5.38. The molecular formula is C61H40N2S. The van der Waals surface area contributed by atoms with Gasteiger partial charge in [0.25, 0.3) is 0 Å². The predicted molar refractivity (Wildman–Crippen MR) is 270 cm³/mol. The molecule has 0 saturated carbocycles. The molecule has 300 valence electrons. The van der Waals surface area contributed by atoms with Crippen molar-refractivity contribution in [1.82, 2.24) is 0 Å². The van der Waals surface area contributed by atoms with Gasteiger partial charge in [-0.15, -0.1) is 11.3 Å². The quantitative estimate of drug-likeness (QED) is 0.165. The lowest BCUT2D eigenvalue weighted by atomic mass is 9.64. The minimum atomic E-state index is -0.577. The SMILES string of the molecule is c1ccc(-c2ccc(-c3ccccc3N(c3ccc4sc5ccccc5c4c3)c3cccc4c3-c3ccccc3C43c4ccccc4N(c4ccccc4)c4ccccc43)cc2)cc1. The second kappa shape index (κ2) is 14.6. The van der Waals surface area contributed by atoms with Crippen molar-refractivity contribution in [2.75, 3.05) is 9.80 Å². The third-order valence-corrected chi connectivity index (χ3v) is 14.6. The highest BCUT2D eigenvalue weighted by molar-refractivity contribution is 7.25. The Morgan fingerprint density at radius 2 is 0.906 bits per heavy atom. The summed E-state index contributed by atoms with van der Waals surface area (Å²) in [6, 6.07) is 89.7. The maximum atomic E-state index is 2.54. The van der Waals surface area contributed by atoms with Crippen LogP contribution in [0.3, 0.4) is 0 Å². The second-order valence-electron chi connectivity index (χ2n) is 16.8. The number of hydrogen-bond donors (Lipinski definition) is 0. The third-order valence-electron chi connectivity index (χ3n) is 13.5. The lowest BCUT2D eigenvalue weighted by Gasteiger charge is -2.45. The number of thiophene rings is 1. The molecule has 0 amide bonds. The summed E-state index contributed by atoms with van der Waals surface area (Å²) in [6.07, 6.45) is 0. The molecule has 0 unspecified atom stereocenters. The van der Waals surface area contributed by atoms with Gasteiger partial charge in [-0.1, -0.05) is 182 Å². The van der Waals surface area contributed by atoms with E-state index in [1.54, 1.807) is 0 Å². The van der Waals surface area contributed by atoms with Gasteiger partial charge in [0.1, 0.15) is 0 Å². The molecule has 1 aromatic heterocycles. The molecule has 0 bridgehead atoms. The Kier molecular flexibility index (Phi) is 8.34. The van der Waals surface area contributed by atoms with Gasteiger partial charge in [0, 0.05) is 42.7 Å². The van der Waals surface area contributed by atoms with Crippen LogP contribution in [-0.2, 0) is 5.41 Å². The average molecular weight is 833 g/mol. The number of fused-ring (bicyclic) bond motifs is 12. The zero-order valence-corrected chi connectivity index (χ0v) is 35.7. The Morgan fingerprint density at radius 1 is 0.359 bits per heavy atom. The molecule has 0 atom stereocenters. The van der Waals surface area contributed by atoms with Crippen molar-refractivity contribution in [3.05, 3.63) is 265 Å². The molecule has 2 aliphatic rings. The minimum absolute atomic E-state index is 0.577. The molecule has 2 heterocycles. The van der Waals surface area contributed by atoms with E-state index >= 15 is 0 Å². The van der Waals surface area contributed by atoms with E-state index < -0.39 is 5.41 Å². The summed E-state index contributed by atoms with van der Waals surface area (Å²) in [4.78, 5) is 4.99. The van der Waals surface area contributed by atoms with Crippen molar-refractivity contribution < 1.29 is 0 Å². The summed E-state index contributed by atoms with van der Waals surface area (Å²) in [5.41, 5.74) is 18.7. The lowest BCUT2D eigenvalue weighted by Crippen LogP contribution is -2.36. The van der Waals surface area contributed by atoms with Crippen molar-refractivity contribution >= 4 is 65.6 Å². The fraction of sp³-hybridized carbons (Fsp3) is 0.0164. The summed E-state index contributed by atoms with van der Waals surface area (Å²) in [5, 5.41) is 2.56. The molecule has 0 N–H and O–H groups in total. The molecular weight excluding hydrogens is 793 g/mol. The van der Waals surface area contributed by atoms with E-state index in [0.29, 0.717) is 0 Å². The normalized spacial score (nSPS) is 13.1. The van der Waals surface area contributed by atoms with Crippen LogP contribution in [0.1, 0.15) is 22.3 Å². The molecule has 1 aliphatic carbocycles. The van der Waals surface area contributed by atoms with Gasteiger partial charge in [0.2, 0.25) is 0 Å². The molecule has 1 aliphatic heterocycles. The summed E-state index contributed by atoms with van der Waals surface area (Å²) in [7, 11) is 0. The zero-order valence-electron chi connectivity index (χ0n) is 34.9. The second-order valence-corrected chi connectivity index (χ2v) is 17.9. The lowest BCUT2D eigenvalue weighted by molar-refractivity contribution is 0.752. The number of rotatable bonds is 6. The topological polar surface area (TPSA) is 6.48 Å². The monoisotopic (exact) mass is 832 g/mol. The molecule has 0 saturated heterocycles. The van der Waals surface area contributed by atoms with E-state index in [4.69, 9.17) is 0 Å². The van der Waals surface area contributed by atoms with Crippen LogP contribution in [0, 0.1) is 0 Å².